The summed E-state index contributed by atoms with van der Waals surface area (Å²) >= 11 is 5.94. The predicted octanol–water partition coefficient (Wildman–Crippen LogP) is 4.91. The molecular weight excluding hydrogens is 378 g/mol. The zero-order chi connectivity index (χ0) is 19.9. The second-order valence-electron chi connectivity index (χ2n) is 5.79. The largest absolute Gasteiger partial charge is 0.462 e. The number of benzene rings is 2. The molecule has 0 unspecified atom stereocenters. The molecule has 6 nitrogen and oxygen atoms in total. The molecule has 0 bridgehead atoms. The molecule has 2 aromatic carbocycles. The Kier molecular flexibility index (Phi) is 6.24. The van der Waals surface area contributed by atoms with Crippen molar-refractivity contribution >= 4 is 40.5 Å². The molecule has 1 amide bonds. The summed E-state index contributed by atoms with van der Waals surface area (Å²) in [5, 5.41) is 6.41. The number of rotatable bonds is 6. The average molecular weight is 396 g/mol. The van der Waals surface area contributed by atoms with Gasteiger partial charge in [-0.1, -0.05) is 29.8 Å². The molecule has 0 fully saturated rings. The van der Waals surface area contributed by atoms with Crippen molar-refractivity contribution in [2.45, 2.75) is 6.92 Å². The monoisotopic (exact) mass is 395 g/mol. The minimum absolute atomic E-state index is 0.221. The van der Waals surface area contributed by atoms with Crippen LogP contribution in [0.15, 0.2) is 66.9 Å². The van der Waals surface area contributed by atoms with Gasteiger partial charge in [-0.05, 0) is 49.4 Å². The number of nitrogens with zero attached hydrogens (tertiary/aromatic N) is 1. The Morgan fingerprint density at radius 3 is 2.64 bits per heavy atom. The first kappa shape index (κ1) is 19.4. The summed E-state index contributed by atoms with van der Waals surface area (Å²) in [5.41, 5.74) is 2.39. The Morgan fingerprint density at radius 1 is 1.04 bits per heavy atom. The molecular formula is C21H18ClN3O3. The van der Waals surface area contributed by atoms with Gasteiger partial charge in [0.1, 0.15) is 5.69 Å². The number of nitrogens with one attached hydrogen (secondary N) is 2. The number of pyridine rings is 1. The lowest BCUT2D eigenvalue weighted by Gasteiger charge is -2.12. The van der Waals surface area contributed by atoms with Crippen molar-refractivity contribution in [3.05, 3.63) is 83.1 Å². The van der Waals surface area contributed by atoms with E-state index < -0.39 is 5.97 Å². The molecule has 1 heterocycles. The highest BCUT2D eigenvalue weighted by atomic mass is 35.5. The highest BCUT2D eigenvalue weighted by molar-refractivity contribution is 6.30. The van der Waals surface area contributed by atoms with Crippen LogP contribution in [0.3, 0.4) is 0 Å². The number of anilines is 3. The summed E-state index contributed by atoms with van der Waals surface area (Å²) in [5.74, 6) is -0.789. The Balaban J connectivity index is 1.79. The summed E-state index contributed by atoms with van der Waals surface area (Å²) in [7, 11) is 0. The summed E-state index contributed by atoms with van der Waals surface area (Å²) in [6.07, 6.45) is 1.52. The summed E-state index contributed by atoms with van der Waals surface area (Å²) in [6, 6.07) is 17.2. The van der Waals surface area contributed by atoms with E-state index in [2.05, 4.69) is 15.6 Å². The van der Waals surface area contributed by atoms with Crippen molar-refractivity contribution in [2.75, 3.05) is 17.2 Å². The van der Waals surface area contributed by atoms with Gasteiger partial charge in [-0.2, -0.15) is 0 Å². The lowest BCUT2D eigenvalue weighted by atomic mass is 10.1. The van der Waals surface area contributed by atoms with E-state index >= 15 is 0 Å². The molecule has 142 valence electrons. The van der Waals surface area contributed by atoms with Crippen LogP contribution >= 0.6 is 11.6 Å². The van der Waals surface area contributed by atoms with Crippen molar-refractivity contribution in [3.63, 3.8) is 0 Å². The zero-order valence-corrected chi connectivity index (χ0v) is 15.9. The number of hydrogen-bond acceptors (Lipinski definition) is 5. The first-order chi connectivity index (χ1) is 13.6. The maximum Gasteiger partial charge on any atom is 0.340 e. The van der Waals surface area contributed by atoms with Crippen molar-refractivity contribution < 1.29 is 14.3 Å². The van der Waals surface area contributed by atoms with E-state index in [9.17, 15) is 9.59 Å². The molecule has 0 aliphatic rings. The van der Waals surface area contributed by atoms with Crippen LogP contribution < -0.4 is 10.6 Å². The van der Waals surface area contributed by atoms with Crippen LogP contribution in [0.5, 0.6) is 0 Å². The van der Waals surface area contributed by atoms with Gasteiger partial charge in [0, 0.05) is 22.6 Å². The van der Waals surface area contributed by atoms with Crippen molar-refractivity contribution in [3.8, 4) is 0 Å². The normalized spacial score (nSPS) is 10.2. The van der Waals surface area contributed by atoms with Crippen LogP contribution in [0, 0.1) is 0 Å². The number of aromatic nitrogens is 1. The molecule has 3 aromatic rings. The van der Waals surface area contributed by atoms with Crippen molar-refractivity contribution in [1.29, 1.82) is 0 Å². The SMILES string of the molecule is CCOC(=O)c1ccccc1Nc1ccnc(C(=O)Nc2cccc(Cl)c2)c1. The molecule has 0 aliphatic heterocycles. The van der Waals surface area contributed by atoms with E-state index in [4.69, 9.17) is 16.3 Å². The van der Waals surface area contributed by atoms with Gasteiger partial charge >= 0.3 is 5.97 Å². The molecule has 28 heavy (non-hydrogen) atoms. The smallest absolute Gasteiger partial charge is 0.340 e. The topological polar surface area (TPSA) is 80.3 Å². The van der Waals surface area contributed by atoms with Crippen molar-refractivity contribution in [1.82, 2.24) is 4.98 Å². The van der Waals surface area contributed by atoms with Gasteiger partial charge in [0.25, 0.3) is 5.91 Å². The molecule has 1 aromatic heterocycles. The maximum atomic E-state index is 12.5. The molecule has 3 rings (SSSR count). The average Bonchev–Trinajstić information content (AvgIpc) is 2.69. The summed E-state index contributed by atoms with van der Waals surface area (Å²) in [4.78, 5) is 28.7. The van der Waals surface area contributed by atoms with E-state index in [-0.39, 0.29) is 18.2 Å². The van der Waals surface area contributed by atoms with Crippen LogP contribution in [-0.4, -0.2) is 23.5 Å². The molecule has 2 N–H and O–H groups in total. The van der Waals surface area contributed by atoms with Crippen LogP contribution in [0.2, 0.25) is 5.02 Å². The number of amides is 1. The molecule has 0 spiro atoms. The second-order valence-corrected chi connectivity index (χ2v) is 6.22. The number of para-hydroxylation sites is 1. The number of halogens is 1. The third-order valence-electron chi connectivity index (χ3n) is 3.78. The fraction of sp³-hybridized carbons (Fsp3) is 0.0952. The zero-order valence-electron chi connectivity index (χ0n) is 15.1. The van der Waals surface area contributed by atoms with Crippen LogP contribution in [0.25, 0.3) is 0 Å². The van der Waals surface area contributed by atoms with E-state index in [0.717, 1.165) is 0 Å². The lowest BCUT2D eigenvalue weighted by Crippen LogP contribution is -2.14. The molecule has 0 saturated heterocycles. The Bertz CT molecular complexity index is 1010. The Labute approximate surface area is 167 Å². The highest BCUT2D eigenvalue weighted by Gasteiger charge is 2.13. The highest BCUT2D eigenvalue weighted by Crippen LogP contribution is 2.22. The summed E-state index contributed by atoms with van der Waals surface area (Å²) in [6.45, 7) is 2.04. The molecule has 0 aliphatic carbocycles. The number of carbonyl (C=O) groups excluding carboxylic acids is 2. The summed E-state index contributed by atoms with van der Waals surface area (Å²) < 4.78 is 5.08. The van der Waals surface area contributed by atoms with Gasteiger partial charge in [-0.3, -0.25) is 9.78 Å². The Hall–Kier alpha value is -3.38. The molecule has 7 heteroatoms. The molecule has 0 radical (unpaired) electrons. The molecule has 0 atom stereocenters. The lowest BCUT2D eigenvalue weighted by molar-refractivity contribution is 0.0527. The van der Waals surface area contributed by atoms with E-state index in [1.807, 2.05) is 0 Å². The Morgan fingerprint density at radius 2 is 1.86 bits per heavy atom. The van der Waals surface area contributed by atoms with Crippen molar-refractivity contribution in [2.24, 2.45) is 0 Å². The van der Waals surface area contributed by atoms with Gasteiger partial charge in [-0.25, -0.2) is 4.79 Å². The number of hydrogen-bond donors (Lipinski definition) is 2. The van der Waals surface area contributed by atoms with Crippen LogP contribution in [0.1, 0.15) is 27.8 Å². The second kappa shape index (κ2) is 9.01. The van der Waals surface area contributed by atoms with E-state index in [1.54, 1.807) is 67.6 Å². The first-order valence-corrected chi connectivity index (χ1v) is 9.00. The number of carbonyl (C=O) groups is 2. The molecule has 0 saturated carbocycles. The third-order valence-corrected chi connectivity index (χ3v) is 4.01. The first-order valence-electron chi connectivity index (χ1n) is 8.63. The number of esters is 1. The van der Waals surface area contributed by atoms with E-state index in [1.165, 1.54) is 6.20 Å². The number of ether oxygens (including phenoxy) is 1. The van der Waals surface area contributed by atoms with Crippen LogP contribution in [0.4, 0.5) is 17.1 Å². The van der Waals surface area contributed by atoms with Gasteiger partial charge in [0.15, 0.2) is 0 Å². The maximum absolute atomic E-state index is 12.5. The van der Waals surface area contributed by atoms with E-state index in [0.29, 0.717) is 27.6 Å². The van der Waals surface area contributed by atoms with Gasteiger partial charge in [-0.15, -0.1) is 0 Å². The minimum Gasteiger partial charge on any atom is -0.462 e. The third kappa shape index (κ3) is 4.86. The fourth-order valence-corrected chi connectivity index (χ4v) is 2.72. The quantitative estimate of drug-likeness (QED) is 0.580. The van der Waals surface area contributed by atoms with Gasteiger partial charge in [0.05, 0.1) is 17.9 Å². The van der Waals surface area contributed by atoms with Gasteiger partial charge in [0.2, 0.25) is 0 Å². The minimum atomic E-state index is -0.418. The standard InChI is InChI=1S/C21H18ClN3O3/c1-2-28-21(27)17-8-3-4-9-18(17)24-16-10-11-23-19(13-16)20(26)25-15-7-5-6-14(22)12-15/h3-13H,2H2,1H3,(H,23,24)(H,25,26). The van der Waals surface area contributed by atoms with Crippen LogP contribution in [-0.2, 0) is 4.74 Å². The van der Waals surface area contributed by atoms with Gasteiger partial charge < -0.3 is 15.4 Å². The predicted molar refractivity (Wildman–Crippen MR) is 109 cm³/mol. The fourth-order valence-electron chi connectivity index (χ4n) is 2.53.